The molecule has 3 rings (SSSR count). The zero-order chi connectivity index (χ0) is 13.6. The summed E-state index contributed by atoms with van der Waals surface area (Å²) in [5.41, 5.74) is 1.44. The molecule has 0 aromatic heterocycles. The molecule has 2 bridgehead atoms. The molecular formula is C16H21NO2. The lowest BCUT2D eigenvalue weighted by Crippen LogP contribution is -2.51. The van der Waals surface area contributed by atoms with Crippen LogP contribution in [0.3, 0.4) is 0 Å². The van der Waals surface area contributed by atoms with Gasteiger partial charge in [0, 0.05) is 31.8 Å². The maximum absolute atomic E-state index is 11.7. The van der Waals surface area contributed by atoms with Crippen LogP contribution in [-0.4, -0.2) is 28.0 Å². The number of hydrogen-bond acceptors (Lipinski definition) is 2. The predicted molar refractivity (Wildman–Crippen MR) is 73.6 cm³/mol. The van der Waals surface area contributed by atoms with Crippen LogP contribution >= 0.6 is 0 Å². The summed E-state index contributed by atoms with van der Waals surface area (Å²) < 4.78 is 0. The number of carbonyl (C=O) groups excluding carboxylic acids is 1. The van der Waals surface area contributed by atoms with E-state index >= 15 is 0 Å². The Morgan fingerprint density at radius 1 is 1.21 bits per heavy atom. The van der Waals surface area contributed by atoms with Crippen LogP contribution in [0.4, 0.5) is 0 Å². The molecule has 2 aliphatic heterocycles. The van der Waals surface area contributed by atoms with Crippen molar-refractivity contribution in [2.45, 2.75) is 57.2 Å². The minimum Gasteiger partial charge on any atom is -0.385 e. The smallest absolute Gasteiger partial charge is 0.219 e. The van der Waals surface area contributed by atoms with Crippen LogP contribution in [-0.2, 0) is 10.4 Å². The summed E-state index contributed by atoms with van der Waals surface area (Å²) in [5.74, 6) is 0.151. The molecular weight excluding hydrogens is 238 g/mol. The molecule has 2 heterocycles. The van der Waals surface area contributed by atoms with Crippen molar-refractivity contribution >= 4 is 5.91 Å². The molecule has 0 saturated carbocycles. The first-order valence-electron chi connectivity index (χ1n) is 7.08. The minimum atomic E-state index is -0.758. The molecule has 2 fully saturated rings. The molecule has 3 nitrogen and oxygen atoms in total. The topological polar surface area (TPSA) is 40.5 Å². The third kappa shape index (κ3) is 2.06. The van der Waals surface area contributed by atoms with Crippen molar-refractivity contribution < 1.29 is 9.90 Å². The third-order valence-corrected chi connectivity index (χ3v) is 4.72. The van der Waals surface area contributed by atoms with Crippen LogP contribution in [0, 0.1) is 6.92 Å². The number of benzene rings is 1. The fourth-order valence-corrected chi connectivity index (χ4v) is 3.84. The summed E-state index contributed by atoms with van der Waals surface area (Å²) in [4.78, 5) is 13.7. The van der Waals surface area contributed by atoms with Gasteiger partial charge in [-0.1, -0.05) is 29.8 Å². The molecule has 1 aromatic rings. The van der Waals surface area contributed by atoms with Crippen LogP contribution in [0.1, 0.15) is 43.7 Å². The predicted octanol–water partition coefficient (Wildman–Crippen LogP) is 2.36. The highest BCUT2D eigenvalue weighted by molar-refractivity contribution is 5.74. The molecule has 0 aliphatic carbocycles. The van der Waals surface area contributed by atoms with Gasteiger partial charge in [-0.25, -0.2) is 0 Å². The van der Waals surface area contributed by atoms with Gasteiger partial charge in [-0.05, 0) is 25.3 Å². The molecule has 2 saturated heterocycles. The second-order valence-electron chi connectivity index (χ2n) is 6.12. The van der Waals surface area contributed by atoms with Gasteiger partial charge in [0.15, 0.2) is 0 Å². The summed E-state index contributed by atoms with van der Waals surface area (Å²) in [5, 5.41) is 11.0. The van der Waals surface area contributed by atoms with Gasteiger partial charge in [-0.2, -0.15) is 0 Å². The van der Waals surface area contributed by atoms with Crippen LogP contribution in [0.25, 0.3) is 0 Å². The number of hydrogen-bond donors (Lipinski definition) is 1. The van der Waals surface area contributed by atoms with E-state index in [-0.39, 0.29) is 18.0 Å². The standard InChI is InChI=1S/C16H21NO2/c1-11-3-5-13(6-4-11)16(19)9-14-7-8-15(10-16)17(14)12(2)18/h3-6,14-15,19H,7-10H2,1-2H3/t14-,15-/m0/s1. The van der Waals surface area contributed by atoms with Gasteiger partial charge in [0.25, 0.3) is 0 Å². The third-order valence-electron chi connectivity index (χ3n) is 4.72. The second kappa shape index (κ2) is 4.34. The molecule has 1 amide bonds. The van der Waals surface area contributed by atoms with Gasteiger partial charge in [0.1, 0.15) is 0 Å². The average molecular weight is 259 g/mol. The molecule has 0 radical (unpaired) electrons. The second-order valence-corrected chi connectivity index (χ2v) is 6.12. The molecule has 1 aromatic carbocycles. The normalized spacial score (nSPS) is 33.5. The van der Waals surface area contributed by atoms with Crippen molar-refractivity contribution in [1.82, 2.24) is 4.90 Å². The van der Waals surface area contributed by atoms with E-state index in [0.29, 0.717) is 12.8 Å². The van der Waals surface area contributed by atoms with Gasteiger partial charge in [-0.15, -0.1) is 0 Å². The fourth-order valence-electron chi connectivity index (χ4n) is 3.84. The largest absolute Gasteiger partial charge is 0.385 e. The Hall–Kier alpha value is -1.35. The van der Waals surface area contributed by atoms with E-state index in [1.165, 1.54) is 5.56 Å². The molecule has 0 spiro atoms. The Morgan fingerprint density at radius 2 is 1.74 bits per heavy atom. The summed E-state index contributed by atoms with van der Waals surface area (Å²) >= 11 is 0. The Balaban J connectivity index is 1.88. The zero-order valence-corrected chi connectivity index (χ0v) is 11.6. The Labute approximate surface area is 114 Å². The number of amides is 1. The molecule has 19 heavy (non-hydrogen) atoms. The monoisotopic (exact) mass is 259 g/mol. The first kappa shape index (κ1) is 12.7. The van der Waals surface area contributed by atoms with Crippen LogP contribution in [0.2, 0.25) is 0 Å². The lowest BCUT2D eigenvalue weighted by Gasteiger charge is -2.43. The molecule has 2 aliphatic rings. The lowest BCUT2D eigenvalue weighted by atomic mass is 9.80. The summed E-state index contributed by atoms with van der Waals surface area (Å²) in [6.07, 6.45) is 3.40. The van der Waals surface area contributed by atoms with Crippen molar-refractivity contribution in [1.29, 1.82) is 0 Å². The first-order valence-corrected chi connectivity index (χ1v) is 7.08. The number of piperidine rings is 1. The molecule has 102 valence electrons. The number of nitrogens with zero attached hydrogens (tertiary/aromatic N) is 1. The van der Waals surface area contributed by atoms with Crippen molar-refractivity contribution in [3.8, 4) is 0 Å². The van der Waals surface area contributed by atoms with Crippen molar-refractivity contribution in [2.24, 2.45) is 0 Å². The van der Waals surface area contributed by atoms with Crippen LogP contribution < -0.4 is 0 Å². The van der Waals surface area contributed by atoms with Gasteiger partial charge >= 0.3 is 0 Å². The van der Waals surface area contributed by atoms with E-state index in [1.807, 2.05) is 29.2 Å². The average Bonchev–Trinajstić information content (AvgIpc) is 2.64. The van der Waals surface area contributed by atoms with E-state index < -0.39 is 5.60 Å². The summed E-state index contributed by atoms with van der Waals surface area (Å²) in [7, 11) is 0. The summed E-state index contributed by atoms with van der Waals surface area (Å²) in [6, 6.07) is 8.57. The van der Waals surface area contributed by atoms with E-state index in [1.54, 1.807) is 6.92 Å². The van der Waals surface area contributed by atoms with E-state index in [2.05, 4.69) is 6.92 Å². The van der Waals surface area contributed by atoms with Crippen LogP contribution in [0.5, 0.6) is 0 Å². The Bertz CT molecular complexity index is 480. The van der Waals surface area contributed by atoms with Crippen molar-refractivity contribution in [2.75, 3.05) is 0 Å². The van der Waals surface area contributed by atoms with Crippen LogP contribution in [0.15, 0.2) is 24.3 Å². The van der Waals surface area contributed by atoms with Crippen molar-refractivity contribution in [3.05, 3.63) is 35.4 Å². The SMILES string of the molecule is CC(=O)N1[C@H]2CC[C@H]1CC(O)(c1ccc(C)cc1)C2. The quantitative estimate of drug-likeness (QED) is 0.841. The lowest BCUT2D eigenvalue weighted by molar-refractivity contribution is -0.139. The summed E-state index contributed by atoms with van der Waals surface area (Å²) in [6.45, 7) is 3.69. The van der Waals surface area contributed by atoms with Gasteiger partial charge in [-0.3, -0.25) is 4.79 Å². The highest BCUT2D eigenvalue weighted by atomic mass is 16.3. The highest BCUT2D eigenvalue weighted by Gasteiger charge is 2.49. The highest BCUT2D eigenvalue weighted by Crippen LogP contribution is 2.45. The number of aryl methyl sites for hydroxylation is 1. The number of fused-ring (bicyclic) bond motifs is 2. The molecule has 0 unspecified atom stereocenters. The van der Waals surface area contributed by atoms with E-state index in [0.717, 1.165) is 18.4 Å². The van der Waals surface area contributed by atoms with E-state index in [9.17, 15) is 9.90 Å². The maximum Gasteiger partial charge on any atom is 0.219 e. The molecule has 2 atom stereocenters. The Kier molecular flexibility index (Phi) is 2.90. The fraction of sp³-hybridized carbons (Fsp3) is 0.562. The number of rotatable bonds is 1. The molecule has 3 heteroatoms. The Morgan fingerprint density at radius 3 is 2.21 bits per heavy atom. The number of carbonyl (C=O) groups is 1. The zero-order valence-electron chi connectivity index (χ0n) is 11.6. The van der Waals surface area contributed by atoms with Gasteiger partial charge in [0.05, 0.1) is 5.60 Å². The maximum atomic E-state index is 11.7. The van der Waals surface area contributed by atoms with E-state index in [4.69, 9.17) is 0 Å². The van der Waals surface area contributed by atoms with Gasteiger partial charge in [0.2, 0.25) is 5.91 Å². The minimum absolute atomic E-state index is 0.151. The molecule has 1 N–H and O–H groups in total. The van der Waals surface area contributed by atoms with Crippen molar-refractivity contribution in [3.63, 3.8) is 0 Å². The first-order chi connectivity index (χ1) is 8.99. The number of aliphatic hydroxyl groups is 1. The van der Waals surface area contributed by atoms with Gasteiger partial charge < -0.3 is 10.0 Å².